The molecule has 0 unspecified atom stereocenters. The van der Waals surface area contributed by atoms with Gasteiger partial charge in [-0.1, -0.05) is 29.3 Å². The zero-order valence-corrected chi connectivity index (χ0v) is 13.9. The molecule has 2 rings (SSSR count). The second-order valence-electron chi connectivity index (χ2n) is 4.83. The Bertz CT molecular complexity index is 674. The van der Waals surface area contributed by atoms with Crippen LogP contribution < -0.4 is 4.74 Å². The fourth-order valence-electron chi connectivity index (χ4n) is 2.15. The Hall–Kier alpha value is -1.78. The number of hydrogen-bond donors (Lipinski definition) is 0. The quantitative estimate of drug-likeness (QED) is 0.693. The number of halogens is 3. The summed E-state index contributed by atoms with van der Waals surface area (Å²) in [5.74, 6) is -0.780. The number of methoxy groups -OCH3 is 1. The highest BCUT2D eigenvalue weighted by molar-refractivity contribution is 6.35. The molecule has 0 bridgehead atoms. The molecule has 0 spiro atoms. The molecular weight excluding hydrogens is 342 g/mol. The van der Waals surface area contributed by atoms with Crippen LogP contribution in [0.15, 0.2) is 42.5 Å². The van der Waals surface area contributed by atoms with Gasteiger partial charge >= 0.3 is 5.97 Å². The zero-order chi connectivity index (χ0) is 16.8. The van der Waals surface area contributed by atoms with Crippen molar-refractivity contribution in [3.05, 3.63) is 63.9 Å². The van der Waals surface area contributed by atoms with Gasteiger partial charge in [0.25, 0.3) is 0 Å². The zero-order valence-electron chi connectivity index (χ0n) is 12.4. The van der Waals surface area contributed by atoms with Gasteiger partial charge in [-0.05, 0) is 48.4 Å². The molecule has 0 aliphatic carbocycles. The summed E-state index contributed by atoms with van der Waals surface area (Å²) in [6.45, 7) is 0.254. The van der Waals surface area contributed by atoms with E-state index in [-0.39, 0.29) is 12.4 Å². The van der Waals surface area contributed by atoms with Crippen LogP contribution >= 0.6 is 23.2 Å². The van der Waals surface area contributed by atoms with E-state index in [4.69, 9.17) is 32.7 Å². The van der Waals surface area contributed by atoms with Crippen molar-refractivity contribution in [2.75, 3.05) is 13.7 Å². The van der Waals surface area contributed by atoms with Gasteiger partial charge in [-0.2, -0.15) is 0 Å². The normalized spacial score (nSPS) is 11.8. The van der Waals surface area contributed by atoms with Crippen LogP contribution in [0.4, 0.5) is 4.39 Å². The van der Waals surface area contributed by atoms with E-state index in [9.17, 15) is 9.18 Å². The second-order valence-corrected chi connectivity index (χ2v) is 5.68. The number of carbonyl (C=O) groups excluding carboxylic acids is 1. The Morgan fingerprint density at radius 2 is 1.87 bits per heavy atom. The van der Waals surface area contributed by atoms with Crippen LogP contribution in [0.25, 0.3) is 0 Å². The predicted octanol–water partition coefficient (Wildman–Crippen LogP) is 4.86. The van der Waals surface area contributed by atoms with Gasteiger partial charge in [0.2, 0.25) is 0 Å². The summed E-state index contributed by atoms with van der Waals surface area (Å²) in [5, 5.41) is 0.889. The molecule has 0 fully saturated rings. The highest BCUT2D eigenvalue weighted by Crippen LogP contribution is 2.30. The van der Waals surface area contributed by atoms with Gasteiger partial charge in [-0.3, -0.25) is 4.79 Å². The molecule has 0 saturated heterocycles. The molecule has 0 aliphatic heterocycles. The fraction of sp³-hybridized carbons (Fsp3) is 0.235. The molecule has 2 aromatic rings. The average Bonchev–Trinajstić information content (AvgIpc) is 2.53. The van der Waals surface area contributed by atoms with E-state index in [2.05, 4.69) is 0 Å². The van der Waals surface area contributed by atoms with Crippen molar-refractivity contribution < 1.29 is 18.7 Å². The lowest BCUT2D eigenvalue weighted by molar-refractivity contribution is -0.142. The first kappa shape index (κ1) is 17.6. The topological polar surface area (TPSA) is 35.5 Å². The first-order valence-corrected chi connectivity index (χ1v) is 7.68. The summed E-state index contributed by atoms with van der Waals surface area (Å²) in [5.41, 5.74) is 0.630. The fourth-order valence-corrected chi connectivity index (χ4v) is 2.69. The molecule has 0 aliphatic rings. The summed E-state index contributed by atoms with van der Waals surface area (Å²) in [6, 6.07) is 10.6. The standard InChI is InChI=1S/C17H15Cl2FO3/c1-22-17(21)15(14-7-2-11(18)10-16(14)19)8-9-23-13-5-3-12(20)4-6-13/h2-7,10,15H,8-9H2,1H3/t15-/m1/s1. The lowest BCUT2D eigenvalue weighted by Gasteiger charge is -2.17. The molecule has 2 aromatic carbocycles. The number of hydrogen-bond acceptors (Lipinski definition) is 3. The van der Waals surface area contributed by atoms with Crippen molar-refractivity contribution in [1.29, 1.82) is 0 Å². The second kappa shape index (κ2) is 8.18. The monoisotopic (exact) mass is 356 g/mol. The third kappa shape index (κ3) is 4.85. The summed E-state index contributed by atoms with van der Waals surface area (Å²) < 4.78 is 23.2. The Labute approximate surface area is 143 Å². The van der Waals surface area contributed by atoms with Gasteiger partial charge in [0.05, 0.1) is 19.6 Å². The van der Waals surface area contributed by atoms with Crippen molar-refractivity contribution in [3.8, 4) is 5.75 Å². The highest BCUT2D eigenvalue weighted by Gasteiger charge is 2.24. The van der Waals surface area contributed by atoms with E-state index in [1.807, 2.05) is 0 Å². The Morgan fingerprint density at radius 3 is 2.48 bits per heavy atom. The number of rotatable bonds is 6. The minimum absolute atomic E-state index is 0.254. The van der Waals surface area contributed by atoms with E-state index in [1.165, 1.54) is 31.4 Å². The van der Waals surface area contributed by atoms with Crippen molar-refractivity contribution in [1.82, 2.24) is 0 Å². The summed E-state index contributed by atoms with van der Waals surface area (Å²) >= 11 is 12.0. The van der Waals surface area contributed by atoms with Gasteiger partial charge in [0.15, 0.2) is 0 Å². The molecule has 0 radical (unpaired) electrons. The maximum atomic E-state index is 12.8. The molecule has 0 saturated carbocycles. The SMILES string of the molecule is COC(=O)[C@H](CCOc1ccc(F)cc1)c1ccc(Cl)cc1Cl. The van der Waals surface area contributed by atoms with Crippen molar-refractivity contribution in [3.63, 3.8) is 0 Å². The third-order valence-corrected chi connectivity index (χ3v) is 3.87. The van der Waals surface area contributed by atoms with Crippen molar-refractivity contribution in [2.45, 2.75) is 12.3 Å². The van der Waals surface area contributed by atoms with Gasteiger partial charge in [-0.25, -0.2) is 4.39 Å². The molecule has 23 heavy (non-hydrogen) atoms. The lowest BCUT2D eigenvalue weighted by Crippen LogP contribution is -2.17. The number of carbonyl (C=O) groups is 1. The minimum Gasteiger partial charge on any atom is -0.494 e. The average molecular weight is 357 g/mol. The van der Waals surface area contributed by atoms with E-state index < -0.39 is 11.9 Å². The number of esters is 1. The van der Waals surface area contributed by atoms with Gasteiger partial charge in [0.1, 0.15) is 11.6 Å². The molecule has 6 heteroatoms. The Kier molecular flexibility index (Phi) is 6.25. The van der Waals surface area contributed by atoms with Crippen LogP contribution in [0.5, 0.6) is 5.75 Å². The largest absolute Gasteiger partial charge is 0.494 e. The molecular formula is C17H15Cl2FO3. The van der Waals surface area contributed by atoms with Crippen molar-refractivity contribution in [2.24, 2.45) is 0 Å². The maximum absolute atomic E-state index is 12.8. The molecule has 0 heterocycles. The van der Waals surface area contributed by atoms with Crippen LogP contribution in [0.1, 0.15) is 17.9 Å². The number of ether oxygens (including phenoxy) is 2. The lowest BCUT2D eigenvalue weighted by atomic mass is 9.96. The van der Waals surface area contributed by atoms with E-state index >= 15 is 0 Å². The summed E-state index contributed by atoms with van der Waals surface area (Å²) in [4.78, 5) is 12.0. The van der Waals surface area contributed by atoms with Crippen LogP contribution in [-0.2, 0) is 9.53 Å². The Balaban J connectivity index is 2.07. The molecule has 3 nitrogen and oxygen atoms in total. The molecule has 1 atom stereocenters. The number of benzene rings is 2. The van der Waals surface area contributed by atoms with Crippen LogP contribution in [0.2, 0.25) is 10.0 Å². The van der Waals surface area contributed by atoms with Gasteiger partial charge in [-0.15, -0.1) is 0 Å². The molecule has 0 amide bonds. The van der Waals surface area contributed by atoms with E-state index in [0.717, 1.165) is 0 Å². The predicted molar refractivity (Wildman–Crippen MR) is 87.7 cm³/mol. The smallest absolute Gasteiger partial charge is 0.313 e. The first-order valence-electron chi connectivity index (χ1n) is 6.92. The third-order valence-electron chi connectivity index (χ3n) is 3.31. The molecule has 0 aromatic heterocycles. The first-order chi connectivity index (χ1) is 11.0. The van der Waals surface area contributed by atoms with Crippen LogP contribution in [0.3, 0.4) is 0 Å². The summed E-state index contributed by atoms with van der Waals surface area (Å²) in [6.07, 6.45) is 0.366. The Morgan fingerprint density at radius 1 is 1.17 bits per heavy atom. The minimum atomic E-state index is -0.565. The molecule has 122 valence electrons. The maximum Gasteiger partial charge on any atom is 0.313 e. The van der Waals surface area contributed by atoms with Crippen LogP contribution in [0, 0.1) is 5.82 Å². The van der Waals surface area contributed by atoms with E-state index in [1.54, 1.807) is 18.2 Å². The highest BCUT2D eigenvalue weighted by atomic mass is 35.5. The summed E-state index contributed by atoms with van der Waals surface area (Å²) in [7, 11) is 1.32. The molecule has 0 N–H and O–H groups in total. The van der Waals surface area contributed by atoms with Gasteiger partial charge < -0.3 is 9.47 Å². The van der Waals surface area contributed by atoms with Crippen LogP contribution in [-0.4, -0.2) is 19.7 Å². The van der Waals surface area contributed by atoms with E-state index in [0.29, 0.717) is 27.8 Å². The van der Waals surface area contributed by atoms with Crippen molar-refractivity contribution >= 4 is 29.2 Å². The van der Waals surface area contributed by atoms with Gasteiger partial charge in [0, 0.05) is 10.0 Å².